The Kier molecular flexibility index (Phi) is 4.24. The van der Waals surface area contributed by atoms with Gasteiger partial charge in [0.15, 0.2) is 5.82 Å². The molecular formula is C21H17ClN6O. The molecule has 0 radical (unpaired) electrons. The Labute approximate surface area is 172 Å². The molecule has 4 aromatic rings. The second-order valence-corrected chi connectivity index (χ2v) is 7.52. The van der Waals surface area contributed by atoms with Gasteiger partial charge in [0.2, 0.25) is 5.95 Å². The molecule has 0 saturated heterocycles. The van der Waals surface area contributed by atoms with Crippen molar-refractivity contribution < 1.29 is 4.52 Å². The van der Waals surface area contributed by atoms with Gasteiger partial charge in [-0.05, 0) is 36.1 Å². The van der Waals surface area contributed by atoms with Gasteiger partial charge >= 0.3 is 0 Å². The van der Waals surface area contributed by atoms with Gasteiger partial charge in [-0.15, -0.1) is 0 Å². The van der Waals surface area contributed by atoms with E-state index in [9.17, 15) is 0 Å². The highest BCUT2D eigenvalue weighted by Crippen LogP contribution is 2.48. The van der Waals surface area contributed by atoms with E-state index < -0.39 is 0 Å². The van der Waals surface area contributed by atoms with Crippen LogP contribution in [0.5, 0.6) is 0 Å². The molecule has 5 rings (SSSR count). The lowest BCUT2D eigenvalue weighted by Crippen LogP contribution is -2.36. The summed E-state index contributed by atoms with van der Waals surface area (Å²) in [5, 5.41) is 4.72. The lowest BCUT2D eigenvalue weighted by molar-refractivity contribution is 0.273. The number of aromatic nitrogens is 5. The third kappa shape index (κ3) is 3.13. The van der Waals surface area contributed by atoms with Crippen LogP contribution in [-0.4, -0.2) is 25.1 Å². The van der Waals surface area contributed by atoms with Gasteiger partial charge in [0.05, 0.1) is 11.0 Å². The van der Waals surface area contributed by atoms with Crippen LogP contribution in [-0.2, 0) is 5.41 Å². The van der Waals surface area contributed by atoms with Crippen LogP contribution >= 0.6 is 11.6 Å². The normalized spacial score (nSPS) is 15.1. The number of nitrogens with two attached hydrogens (primary N) is 1. The van der Waals surface area contributed by atoms with Crippen molar-refractivity contribution in [2.24, 2.45) is 0 Å². The Morgan fingerprint density at radius 2 is 1.55 bits per heavy atom. The molecule has 0 unspecified atom stereocenters. The number of benzene rings is 1. The summed E-state index contributed by atoms with van der Waals surface area (Å²) >= 11 is 5.86. The molecule has 1 aliphatic carbocycles. The van der Waals surface area contributed by atoms with E-state index in [1.165, 1.54) is 5.56 Å². The van der Waals surface area contributed by atoms with Gasteiger partial charge in [-0.2, -0.15) is 4.98 Å². The summed E-state index contributed by atoms with van der Waals surface area (Å²) in [6.45, 7) is 0. The fraction of sp³-hybridized carbons (Fsp3) is 0.190. The van der Waals surface area contributed by atoms with Crippen LogP contribution in [0.25, 0.3) is 22.6 Å². The molecule has 0 aliphatic heterocycles. The van der Waals surface area contributed by atoms with Gasteiger partial charge in [0, 0.05) is 24.2 Å². The standard InChI is InChI=1S/C21H17ClN6O/c22-17-7-4-14(10-24-17)18-27-19(28-29-18)21(8-1-9-21)16-5-2-13(3-6-16)15-11-25-20(23)26-12-15/h2-7,10-12H,1,8-9H2,(H2,23,25,26). The highest BCUT2D eigenvalue weighted by molar-refractivity contribution is 6.29. The molecule has 29 heavy (non-hydrogen) atoms. The van der Waals surface area contributed by atoms with Crippen LogP contribution in [0.4, 0.5) is 5.95 Å². The number of halogens is 1. The number of hydrogen-bond donors (Lipinski definition) is 1. The minimum atomic E-state index is -0.224. The van der Waals surface area contributed by atoms with E-state index in [2.05, 4.69) is 49.4 Å². The highest BCUT2D eigenvalue weighted by Gasteiger charge is 2.44. The maximum absolute atomic E-state index is 5.86. The van der Waals surface area contributed by atoms with Crippen LogP contribution in [0.2, 0.25) is 5.15 Å². The Morgan fingerprint density at radius 3 is 2.17 bits per heavy atom. The molecule has 0 spiro atoms. The fourth-order valence-corrected chi connectivity index (χ4v) is 3.79. The average Bonchev–Trinajstić information content (AvgIpc) is 3.19. The van der Waals surface area contributed by atoms with Crippen molar-refractivity contribution in [2.75, 3.05) is 5.73 Å². The smallest absolute Gasteiger partial charge is 0.259 e. The minimum absolute atomic E-state index is 0.224. The van der Waals surface area contributed by atoms with Crippen molar-refractivity contribution in [1.29, 1.82) is 0 Å². The van der Waals surface area contributed by atoms with Gasteiger partial charge in [-0.25, -0.2) is 15.0 Å². The Bertz CT molecular complexity index is 1140. The molecule has 0 atom stereocenters. The van der Waals surface area contributed by atoms with E-state index in [4.69, 9.17) is 21.9 Å². The molecule has 7 nitrogen and oxygen atoms in total. The quantitative estimate of drug-likeness (QED) is 0.506. The second kappa shape index (κ2) is 6.93. The molecular weight excluding hydrogens is 388 g/mol. The molecule has 144 valence electrons. The first kappa shape index (κ1) is 17.8. The lowest BCUT2D eigenvalue weighted by atomic mass is 9.64. The Hall–Kier alpha value is -3.32. The molecule has 1 fully saturated rings. The van der Waals surface area contributed by atoms with E-state index >= 15 is 0 Å². The molecule has 2 N–H and O–H groups in total. The van der Waals surface area contributed by atoms with Crippen molar-refractivity contribution >= 4 is 17.5 Å². The SMILES string of the molecule is Nc1ncc(-c2ccc(C3(c4noc(-c5ccc(Cl)nc5)n4)CCC3)cc2)cn1. The summed E-state index contributed by atoms with van der Waals surface area (Å²) < 4.78 is 5.53. The number of nitrogen functional groups attached to an aromatic ring is 1. The van der Waals surface area contributed by atoms with E-state index in [1.807, 2.05) is 6.07 Å². The van der Waals surface area contributed by atoms with Crippen LogP contribution in [0.1, 0.15) is 30.7 Å². The van der Waals surface area contributed by atoms with E-state index in [1.54, 1.807) is 24.7 Å². The first-order valence-corrected chi connectivity index (χ1v) is 9.66. The van der Waals surface area contributed by atoms with Crippen LogP contribution in [0, 0.1) is 0 Å². The minimum Gasteiger partial charge on any atom is -0.368 e. The second-order valence-electron chi connectivity index (χ2n) is 7.14. The zero-order valence-corrected chi connectivity index (χ0v) is 16.2. The number of rotatable bonds is 4. The molecule has 1 aliphatic rings. The van der Waals surface area contributed by atoms with Crippen molar-refractivity contribution in [3.63, 3.8) is 0 Å². The average molecular weight is 405 g/mol. The van der Waals surface area contributed by atoms with E-state index in [0.29, 0.717) is 16.9 Å². The molecule has 0 bridgehead atoms. The molecule has 3 heterocycles. The van der Waals surface area contributed by atoms with Crippen LogP contribution in [0.15, 0.2) is 59.5 Å². The largest absolute Gasteiger partial charge is 0.368 e. The molecule has 8 heteroatoms. The Morgan fingerprint density at radius 1 is 0.862 bits per heavy atom. The van der Waals surface area contributed by atoms with Gasteiger partial charge in [-0.3, -0.25) is 0 Å². The van der Waals surface area contributed by atoms with Crippen molar-refractivity contribution in [1.82, 2.24) is 25.1 Å². The summed E-state index contributed by atoms with van der Waals surface area (Å²) in [4.78, 5) is 16.9. The topological polar surface area (TPSA) is 104 Å². The third-order valence-corrected chi connectivity index (χ3v) is 5.70. The lowest BCUT2D eigenvalue weighted by Gasteiger charge is -2.39. The van der Waals surface area contributed by atoms with Gasteiger partial charge in [0.25, 0.3) is 5.89 Å². The number of nitrogens with zero attached hydrogens (tertiary/aromatic N) is 5. The number of anilines is 1. The summed E-state index contributed by atoms with van der Waals surface area (Å²) in [6.07, 6.45) is 8.17. The molecule has 1 aromatic carbocycles. The monoisotopic (exact) mass is 404 g/mol. The predicted molar refractivity (Wildman–Crippen MR) is 109 cm³/mol. The fourth-order valence-electron chi connectivity index (χ4n) is 3.68. The number of pyridine rings is 1. The third-order valence-electron chi connectivity index (χ3n) is 5.48. The number of hydrogen-bond acceptors (Lipinski definition) is 7. The van der Waals surface area contributed by atoms with Crippen LogP contribution in [0.3, 0.4) is 0 Å². The predicted octanol–water partition coefficient (Wildman–Crippen LogP) is 4.29. The molecule has 1 saturated carbocycles. The van der Waals surface area contributed by atoms with Crippen molar-refractivity contribution in [3.8, 4) is 22.6 Å². The summed E-state index contributed by atoms with van der Waals surface area (Å²) in [5.74, 6) is 1.42. The van der Waals surface area contributed by atoms with Gasteiger partial charge in [-0.1, -0.05) is 47.4 Å². The zero-order valence-electron chi connectivity index (χ0n) is 15.4. The summed E-state index contributed by atoms with van der Waals surface area (Å²) in [7, 11) is 0. The van der Waals surface area contributed by atoms with Crippen molar-refractivity contribution in [2.45, 2.75) is 24.7 Å². The summed E-state index contributed by atoms with van der Waals surface area (Å²) in [5.41, 5.74) is 9.22. The van der Waals surface area contributed by atoms with E-state index in [0.717, 1.165) is 36.0 Å². The first-order chi connectivity index (χ1) is 14.1. The highest BCUT2D eigenvalue weighted by atomic mass is 35.5. The van der Waals surface area contributed by atoms with Crippen molar-refractivity contribution in [3.05, 3.63) is 71.5 Å². The maximum atomic E-state index is 5.86. The molecule has 0 amide bonds. The van der Waals surface area contributed by atoms with Crippen LogP contribution < -0.4 is 5.73 Å². The van der Waals surface area contributed by atoms with Gasteiger partial charge < -0.3 is 10.3 Å². The summed E-state index contributed by atoms with van der Waals surface area (Å²) in [6, 6.07) is 11.9. The van der Waals surface area contributed by atoms with E-state index in [-0.39, 0.29) is 11.4 Å². The zero-order chi connectivity index (χ0) is 19.8. The maximum Gasteiger partial charge on any atom is 0.259 e. The first-order valence-electron chi connectivity index (χ1n) is 9.29. The van der Waals surface area contributed by atoms with Gasteiger partial charge in [0.1, 0.15) is 5.15 Å². The Balaban J connectivity index is 1.46. The molecule has 3 aromatic heterocycles.